The second-order valence-corrected chi connectivity index (χ2v) is 4.44. The molecule has 4 nitrogen and oxygen atoms in total. The SMILES string of the molecule is CCCNCc1ccc(N(CC)CCO)c(C#N)c1. The maximum absolute atomic E-state index is 9.27. The Morgan fingerprint density at radius 1 is 1.37 bits per heavy atom. The van der Waals surface area contributed by atoms with Crippen molar-refractivity contribution in [3.05, 3.63) is 29.3 Å². The van der Waals surface area contributed by atoms with Crippen LogP contribution in [0.3, 0.4) is 0 Å². The molecule has 0 aliphatic carbocycles. The van der Waals surface area contributed by atoms with E-state index in [1.165, 1.54) is 0 Å². The molecule has 0 aliphatic rings. The molecule has 0 heterocycles. The van der Waals surface area contributed by atoms with Gasteiger partial charge < -0.3 is 15.3 Å². The van der Waals surface area contributed by atoms with E-state index in [9.17, 15) is 5.26 Å². The maximum atomic E-state index is 9.27. The van der Waals surface area contributed by atoms with E-state index >= 15 is 0 Å². The van der Waals surface area contributed by atoms with Gasteiger partial charge in [0, 0.05) is 19.6 Å². The zero-order chi connectivity index (χ0) is 14.1. The summed E-state index contributed by atoms with van der Waals surface area (Å²) in [5.74, 6) is 0. The van der Waals surface area contributed by atoms with Gasteiger partial charge in [-0.2, -0.15) is 5.26 Å². The molecule has 104 valence electrons. The van der Waals surface area contributed by atoms with Crippen LogP contribution in [-0.4, -0.2) is 31.3 Å². The van der Waals surface area contributed by atoms with Gasteiger partial charge in [0.1, 0.15) is 6.07 Å². The topological polar surface area (TPSA) is 59.3 Å². The number of hydrogen-bond acceptors (Lipinski definition) is 4. The number of aliphatic hydroxyl groups is 1. The molecule has 0 unspecified atom stereocenters. The first-order valence-corrected chi connectivity index (χ1v) is 6.86. The van der Waals surface area contributed by atoms with Crippen molar-refractivity contribution in [2.24, 2.45) is 0 Å². The van der Waals surface area contributed by atoms with Crippen molar-refractivity contribution in [1.82, 2.24) is 5.32 Å². The number of nitrogens with one attached hydrogen (secondary N) is 1. The third kappa shape index (κ3) is 4.55. The van der Waals surface area contributed by atoms with Gasteiger partial charge in [0.15, 0.2) is 0 Å². The van der Waals surface area contributed by atoms with Crippen LogP contribution in [0.15, 0.2) is 18.2 Å². The third-order valence-corrected chi connectivity index (χ3v) is 3.03. The molecule has 0 atom stereocenters. The lowest BCUT2D eigenvalue weighted by Crippen LogP contribution is -2.27. The summed E-state index contributed by atoms with van der Waals surface area (Å²) in [4.78, 5) is 2.02. The molecule has 0 fully saturated rings. The normalized spacial score (nSPS) is 10.2. The minimum absolute atomic E-state index is 0.0957. The Morgan fingerprint density at radius 3 is 2.74 bits per heavy atom. The summed E-state index contributed by atoms with van der Waals surface area (Å²) in [6, 6.07) is 8.19. The van der Waals surface area contributed by atoms with Crippen molar-refractivity contribution in [3.8, 4) is 6.07 Å². The first-order valence-electron chi connectivity index (χ1n) is 6.86. The van der Waals surface area contributed by atoms with E-state index in [2.05, 4.69) is 18.3 Å². The van der Waals surface area contributed by atoms with Crippen molar-refractivity contribution in [2.75, 3.05) is 31.1 Å². The second-order valence-electron chi connectivity index (χ2n) is 4.44. The van der Waals surface area contributed by atoms with E-state index in [0.29, 0.717) is 12.1 Å². The average molecular weight is 261 g/mol. The van der Waals surface area contributed by atoms with Gasteiger partial charge in [0.2, 0.25) is 0 Å². The lowest BCUT2D eigenvalue weighted by atomic mass is 10.1. The predicted octanol–water partition coefficient (Wildman–Crippen LogP) is 1.88. The van der Waals surface area contributed by atoms with Gasteiger partial charge >= 0.3 is 0 Å². The van der Waals surface area contributed by atoms with Crippen molar-refractivity contribution >= 4 is 5.69 Å². The van der Waals surface area contributed by atoms with Gasteiger partial charge in [-0.3, -0.25) is 0 Å². The minimum atomic E-state index is 0.0957. The van der Waals surface area contributed by atoms with Crippen LogP contribution >= 0.6 is 0 Å². The van der Waals surface area contributed by atoms with E-state index in [-0.39, 0.29) is 6.61 Å². The predicted molar refractivity (Wildman–Crippen MR) is 78.1 cm³/mol. The fourth-order valence-corrected chi connectivity index (χ4v) is 2.04. The molecule has 4 heteroatoms. The highest BCUT2D eigenvalue weighted by Crippen LogP contribution is 2.21. The molecule has 0 amide bonds. The zero-order valence-corrected chi connectivity index (χ0v) is 11.8. The number of benzene rings is 1. The number of nitriles is 1. The second kappa shape index (κ2) is 8.52. The Morgan fingerprint density at radius 2 is 2.16 bits per heavy atom. The molecule has 0 radical (unpaired) electrons. The Hall–Kier alpha value is -1.57. The van der Waals surface area contributed by atoms with E-state index < -0.39 is 0 Å². The minimum Gasteiger partial charge on any atom is -0.395 e. The Bertz CT molecular complexity index is 426. The highest BCUT2D eigenvalue weighted by Gasteiger charge is 2.09. The molecule has 0 aliphatic heterocycles. The van der Waals surface area contributed by atoms with E-state index in [1.54, 1.807) is 0 Å². The van der Waals surface area contributed by atoms with Crippen LogP contribution in [0.25, 0.3) is 0 Å². The van der Waals surface area contributed by atoms with Crippen molar-refractivity contribution in [1.29, 1.82) is 5.26 Å². The number of rotatable bonds is 8. The lowest BCUT2D eigenvalue weighted by molar-refractivity contribution is 0.302. The van der Waals surface area contributed by atoms with Crippen LogP contribution < -0.4 is 10.2 Å². The van der Waals surface area contributed by atoms with E-state index in [4.69, 9.17) is 5.11 Å². The molecule has 1 aromatic carbocycles. The zero-order valence-electron chi connectivity index (χ0n) is 11.8. The van der Waals surface area contributed by atoms with Crippen LogP contribution in [0.4, 0.5) is 5.69 Å². The van der Waals surface area contributed by atoms with Crippen LogP contribution in [0.2, 0.25) is 0 Å². The molecule has 1 aromatic rings. The van der Waals surface area contributed by atoms with Gasteiger partial charge in [0.25, 0.3) is 0 Å². The van der Waals surface area contributed by atoms with Crippen molar-refractivity contribution < 1.29 is 5.11 Å². The molecule has 0 bridgehead atoms. The molecule has 0 saturated heterocycles. The first kappa shape index (κ1) is 15.5. The molecule has 0 spiro atoms. The van der Waals surface area contributed by atoms with Gasteiger partial charge in [0.05, 0.1) is 17.9 Å². The number of nitrogens with zero attached hydrogens (tertiary/aromatic N) is 2. The number of aliphatic hydroxyl groups excluding tert-OH is 1. The summed E-state index contributed by atoms with van der Waals surface area (Å²) >= 11 is 0. The standard InChI is InChI=1S/C15H23N3O/c1-3-7-17-12-13-5-6-15(14(10-13)11-16)18(4-2)8-9-19/h5-6,10,17,19H,3-4,7-9,12H2,1-2H3. The molecular formula is C15H23N3O. The number of hydrogen-bond donors (Lipinski definition) is 2. The fourth-order valence-electron chi connectivity index (χ4n) is 2.04. The number of likely N-dealkylation sites (N-methyl/N-ethyl adjacent to an activating group) is 1. The van der Waals surface area contributed by atoms with Crippen molar-refractivity contribution in [2.45, 2.75) is 26.8 Å². The Kier molecular flexibility index (Phi) is 6.94. The first-order chi connectivity index (χ1) is 9.26. The smallest absolute Gasteiger partial charge is 0.101 e. The average Bonchev–Trinajstić information content (AvgIpc) is 2.45. The molecule has 2 N–H and O–H groups in total. The molecular weight excluding hydrogens is 238 g/mol. The monoisotopic (exact) mass is 261 g/mol. The maximum Gasteiger partial charge on any atom is 0.101 e. The Labute approximate surface area is 115 Å². The van der Waals surface area contributed by atoms with E-state index in [1.807, 2.05) is 30.0 Å². The largest absolute Gasteiger partial charge is 0.395 e. The lowest BCUT2D eigenvalue weighted by Gasteiger charge is -2.23. The molecule has 19 heavy (non-hydrogen) atoms. The molecule has 1 rings (SSSR count). The summed E-state index contributed by atoms with van der Waals surface area (Å²) in [5.41, 5.74) is 2.69. The summed E-state index contributed by atoms with van der Waals surface area (Å²) < 4.78 is 0. The highest BCUT2D eigenvalue weighted by molar-refractivity contribution is 5.60. The summed E-state index contributed by atoms with van der Waals surface area (Å²) in [7, 11) is 0. The van der Waals surface area contributed by atoms with Gasteiger partial charge in [-0.1, -0.05) is 13.0 Å². The van der Waals surface area contributed by atoms with Gasteiger partial charge in [-0.25, -0.2) is 0 Å². The van der Waals surface area contributed by atoms with Crippen LogP contribution in [0, 0.1) is 11.3 Å². The fraction of sp³-hybridized carbons (Fsp3) is 0.533. The quantitative estimate of drug-likeness (QED) is 0.701. The van der Waals surface area contributed by atoms with Gasteiger partial charge in [-0.15, -0.1) is 0 Å². The number of anilines is 1. The summed E-state index contributed by atoms with van der Waals surface area (Å²) in [6.45, 7) is 7.35. The molecule has 0 aromatic heterocycles. The third-order valence-electron chi connectivity index (χ3n) is 3.03. The van der Waals surface area contributed by atoms with Crippen molar-refractivity contribution in [3.63, 3.8) is 0 Å². The van der Waals surface area contributed by atoms with Crippen LogP contribution in [0.5, 0.6) is 0 Å². The summed E-state index contributed by atoms with van der Waals surface area (Å²) in [6.07, 6.45) is 1.10. The van der Waals surface area contributed by atoms with Crippen LogP contribution in [0.1, 0.15) is 31.4 Å². The summed E-state index contributed by atoms with van der Waals surface area (Å²) in [5, 5.41) is 21.7. The van der Waals surface area contributed by atoms with Crippen LogP contribution in [-0.2, 0) is 6.54 Å². The van der Waals surface area contributed by atoms with E-state index in [0.717, 1.165) is 37.3 Å². The van der Waals surface area contributed by atoms with Gasteiger partial charge in [-0.05, 0) is 37.6 Å². The Balaban J connectivity index is 2.86. The highest BCUT2D eigenvalue weighted by atomic mass is 16.3. The molecule has 0 saturated carbocycles.